The van der Waals surface area contributed by atoms with Gasteiger partial charge in [0.1, 0.15) is 13.7 Å². The number of nitrogens with zero attached hydrogens (tertiary/aromatic N) is 2. The van der Waals surface area contributed by atoms with Gasteiger partial charge >= 0.3 is 0 Å². The smallest absolute Gasteiger partial charge is 0.273 e. The lowest BCUT2D eigenvalue weighted by atomic mass is 9.98. The maximum atomic E-state index is 12.2. The fourth-order valence-electron chi connectivity index (χ4n) is 2.98. The van der Waals surface area contributed by atoms with E-state index in [0.29, 0.717) is 17.0 Å². The molecule has 0 fully saturated rings. The Labute approximate surface area is 187 Å². The molecule has 0 unspecified atom stereocenters. The van der Waals surface area contributed by atoms with Crippen molar-refractivity contribution in [1.29, 1.82) is 5.41 Å². The van der Waals surface area contributed by atoms with Gasteiger partial charge in [-0.3, -0.25) is 10.2 Å². The van der Waals surface area contributed by atoms with Crippen molar-refractivity contribution in [1.82, 2.24) is 5.32 Å². The van der Waals surface area contributed by atoms with Crippen LogP contribution in [0.25, 0.3) is 0 Å². The van der Waals surface area contributed by atoms with E-state index < -0.39 is 0 Å². The van der Waals surface area contributed by atoms with Crippen molar-refractivity contribution < 1.29 is 19.6 Å². The summed E-state index contributed by atoms with van der Waals surface area (Å²) in [6.07, 6.45) is 1.50. The SMILES string of the molecule is CNC(=O)/C(=N/OC)c1cccc(C)c1CO/N=C(\C)c1ccc(C(=N)/C=C(/C)[OH2+])cc1. The van der Waals surface area contributed by atoms with Crippen LogP contribution in [0, 0.1) is 12.3 Å². The van der Waals surface area contributed by atoms with Crippen molar-refractivity contribution in [3.8, 4) is 0 Å². The summed E-state index contributed by atoms with van der Waals surface area (Å²) in [7, 11) is 2.92. The molecule has 4 N–H and O–H groups in total. The van der Waals surface area contributed by atoms with Gasteiger partial charge in [0.05, 0.1) is 17.5 Å². The predicted octanol–water partition coefficient (Wildman–Crippen LogP) is 3.03. The standard InChI is InChI=1S/C24H28N4O4/c1-15-7-6-8-20(23(28-31-5)24(30)26-4)21(15)14-32-27-17(3)18-9-11-19(12-10-18)22(25)13-16(2)29/h6-13,25,29H,14H2,1-5H3,(H,26,30)/p+1/b16-13-,25-22?,27-17+,28-23+. The normalized spacial score (nSPS) is 12.3. The van der Waals surface area contributed by atoms with Gasteiger partial charge < -0.3 is 20.1 Å². The van der Waals surface area contributed by atoms with Gasteiger partial charge in [-0.1, -0.05) is 52.8 Å². The van der Waals surface area contributed by atoms with Crippen LogP contribution in [0.15, 0.2) is 64.6 Å². The molecule has 2 aromatic rings. The molecule has 0 saturated heterocycles. The highest BCUT2D eigenvalue weighted by atomic mass is 16.6. The lowest BCUT2D eigenvalue weighted by Crippen LogP contribution is -2.29. The maximum absolute atomic E-state index is 12.2. The number of hydrogen-bond donors (Lipinski definition) is 2. The number of nitrogens with one attached hydrogen (secondary N) is 2. The molecule has 32 heavy (non-hydrogen) atoms. The first kappa shape index (κ1) is 24.3. The Bertz CT molecular complexity index is 1070. The van der Waals surface area contributed by atoms with Crippen molar-refractivity contribution in [3.63, 3.8) is 0 Å². The Morgan fingerprint density at radius 1 is 1.12 bits per heavy atom. The maximum Gasteiger partial charge on any atom is 0.273 e. The first-order valence-electron chi connectivity index (χ1n) is 9.96. The molecule has 0 heterocycles. The molecule has 0 bridgehead atoms. The summed E-state index contributed by atoms with van der Waals surface area (Å²) in [5, 5.41) is 26.1. The molecule has 2 rings (SSSR count). The zero-order valence-corrected chi connectivity index (χ0v) is 18.9. The van der Waals surface area contributed by atoms with Crippen LogP contribution >= 0.6 is 0 Å². The fourth-order valence-corrected chi connectivity index (χ4v) is 2.98. The van der Waals surface area contributed by atoms with E-state index in [1.807, 2.05) is 50.2 Å². The van der Waals surface area contributed by atoms with E-state index in [1.54, 1.807) is 13.0 Å². The summed E-state index contributed by atoms with van der Waals surface area (Å²) in [5.74, 6) is -0.0320. The van der Waals surface area contributed by atoms with Crippen molar-refractivity contribution in [2.45, 2.75) is 27.4 Å². The van der Waals surface area contributed by atoms with Crippen molar-refractivity contribution in [3.05, 3.63) is 82.1 Å². The van der Waals surface area contributed by atoms with Gasteiger partial charge in [0, 0.05) is 25.1 Å². The van der Waals surface area contributed by atoms with Crippen LogP contribution in [0.1, 0.15) is 41.7 Å². The Kier molecular flexibility index (Phi) is 8.71. The highest BCUT2D eigenvalue weighted by Gasteiger charge is 2.19. The van der Waals surface area contributed by atoms with E-state index in [9.17, 15) is 4.79 Å². The summed E-state index contributed by atoms with van der Waals surface area (Å²) in [5.41, 5.74) is 5.01. The lowest BCUT2D eigenvalue weighted by molar-refractivity contribution is -0.114. The highest BCUT2D eigenvalue weighted by molar-refractivity contribution is 6.45. The number of aryl methyl sites for hydroxylation is 1. The molecule has 0 aliphatic heterocycles. The number of allylic oxidation sites excluding steroid dienone is 2. The van der Waals surface area contributed by atoms with Gasteiger partial charge in [0.2, 0.25) is 5.76 Å². The van der Waals surface area contributed by atoms with Crippen LogP contribution in [0.2, 0.25) is 0 Å². The molecule has 0 aliphatic carbocycles. The molecular weight excluding hydrogens is 408 g/mol. The van der Waals surface area contributed by atoms with Gasteiger partial charge in [-0.2, -0.15) is 0 Å². The largest absolute Gasteiger partial charge is 0.597 e. The average molecular weight is 438 g/mol. The highest BCUT2D eigenvalue weighted by Crippen LogP contribution is 2.18. The van der Waals surface area contributed by atoms with E-state index in [1.165, 1.54) is 20.2 Å². The molecule has 8 nitrogen and oxygen atoms in total. The molecule has 8 heteroatoms. The Balaban J connectivity index is 2.21. The van der Waals surface area contributed by atoms with Crippen molar-refractivity contribution in [2.24, 2.45) is 10.3 Å². The zero-order valence-electron chi connectivity index (χ0n) is 18.9. The van der Waals surface area contributed by atoms with Crippen LogP contribution in [-0.4, -0.2) is 42.3 Å². The van der Waals surface area contributed by atoms with Crippen LogP contribution in [-0.2, 0) is 21.1 Å². The minimum Gasteiger partial charge on any atom is -0.597 e. The van der Waals surface area contributed by atoms with Crippen LogP contribution in [0.3, 0.4) is 0 Å². The lowest BCUT2D eigenvalue weighted by Gasteiger charge is -2.13. The minimum absolute atomic E-state index is 0.148. The molecule has 168 valence electrons. The quantitative estimate of drug-likeness (QED) is 0.272. The summed E-state index contributed by atoms with van der Waals surface area (Å²) < 4.78 is 0. The van der Waals surface area contributed by atoms with E-state index >= 15 is 0 Å². The Hall–Kier alpha value is -3.94. The predicted molar refractivity (Wildman–Crippen MR) is 126 cm³/mol. The molecule has 0 aromatic heterocycles. The average Bonchev–Trinajstić information content (AvgIpc) is 2.77. The van der Waals surface area contributed by atoms with Crippen LogP contribution in [0.4, 0.5) is 0 Å². The minimum atomic E-state index is -0.362. The molecular formula is C24H29N4O4+. The fraction of sp³-hybridized carbons (Fsp3) is 0.250. The van der Waals surface area contributed by atoms with Crippen LogP contribution in [0.5, 0.6) is 0 Å². The van der Waals surface area contributed by atoms with E-state index in [4.69, 9.17) is 20.2 Å². The number of carbonyl (C=O) groups is 1. The van der Waals surface area contributed by atoms with Crippen molar-refractivity contribution >= 4 is 23.0 Å². The van der Waals surface area contributed by atoms with Gasteiger partial charge in [-0.05, 0) is 30.5 Å². The zero-order chi connectivity index (χ0) is 23.7. The van der Waals surface area contributed by atoms with Gasteiger partial charge in [-0.25, -0.2) is 0 Å². The molecule has 0 radical (unpaired) electrons. The molecule has 0 saturated carbocycles. The summed E-state index contributed by atoms with van der Waals surface area (Å²) in [6, 6.07) is 12.9. The molecule has 0 aliphatic rings. The van der Waals surface area contributed by atoms with Gasteiger partial charge in [0.25, 0.3) is 5.91 Å². The molecule has 0 spiro atoms. The number of likely N-dealkylation sites (N-methyl/N-ethyl adjacent to an activating group) is 1. The topological polar surface area (TPSA) is 119 Å². The third-order valence-electron chi connectivity index (χ3n) is 4.67. The number of hydrogen-bond acceptors (Lipinski definition) is 6. The second kappa shape index (κ2) is 11.5. The summed E-state index contributed by atoms with van der Waals surface area (Å²) >= 11 is 0. The van der Waals surface area contributed by atoms with Crippen LogP contribution < -0.4 is 5.32 Å². The second-order valence-corrected chi connectivity index (χ2v) is 7.07. The Morgan fingerprint density at radius 3 is 2.38 bits per heavy atom. The number of amides is 1. The molecule has 2 aromatic carbocycles. The monoisotopic (exact) mass is 437 g/mol. The number of benzene rings is 2. The molecule has 1 amide bonds. The Morgan fingerprint density at radius 2 is 1.78 bits per heavy atom. The third-order valence-corrected chi connectivity index (χ3v) is 4.67. The van der Waals surface area contributed by atoms with Gasteiger partial charge in [-0.15, -0.1) is 0 Å². The second-order valence-electron chi connectivity index (χ2n) is 7.07. The summed E-state index contributed by atoms with van der Waals surface area (Å²) in [4.78, 5) is 22.7. The third kappa shape index (κ3) is 6.28. The molecule has 0 atom stereocenters. The number of oxime groups is 2. The first-order valence-corrected chi connectivity index (χ1v) is 9.96. The van der Waals surface area contributed by atoms with Gasteiger partial charge in [0.15, 0.2) is 5.71 Å². The summed E-state index contributed by atoms with van der Waals surface area (Å²) in [6.45, 7) is 5.54. The van der Waals surface area contributed by atoms with E-state index in [2.05, 4.69) is 15.6 Å². The number of carbonyl (C=O) groups excluding carboxylic acids is 1. The van der Waals surface area contributed by atoms with E-state index in [0.717, 1.165) is 22.3 Å². The van der Waals surface area contributed by atoms with Crippen molar-refractivity contribution in [2.75, 3.05) is 14.2 Å². The first-order chi connectivity index (χ1) is 15.3. The van der Waals surface area contributed by atoms with E-state index in [-0.39, 0.29) is 23.9 Å². The number of rotatable bonds is 9.